The maximum absolute atomic E-state index is 15.2. The Morgan fingerprint density at radius 1 is 1.08 bits per heavy atom. The number of aliphatic hydroxyl groups is 1. The number of aromatic nitrogens is 2. The highest BCUT2D eigenvalue weighted by Gasteiger charge is 2.38. The van der Waals surface area contributed by atoms with Gasteiger partial charge in [0, 0.05) is 55.2 Å². The van der Waals surface area contributed by atoms with E-state index in [1.165, 1.54) is 12.3 Å². The molecule has 0 amide bonds. The number of piperazine rings is 1. The molecule has 3 aliphatic rings. The maximum Gasteiger partial charge on any atom is 0.336 e. The number of hydrogen-bond donors (Lipinski definition) is 3. The van der Waals surface area contributed by atoms with Gasteiger partial charge in [-0.15, -0.1) is 10.2 Å². The van der Waals surface area contributed by atoms with E-state index in [1.807, 2.05) is 9.80 Å². The van der Waals surface area contributed by atoms with Crippen molar-refractivity contribution in [1.29, 1.82) is 0 Å². The van der Waals surface area contributed by atoms with Crippen molar-refractivity contribution >= 4 is 17.3 Å². The zero-order chi connectivity index (χ0) is 25.7. The van der Waals surface area contributed by atoms with Crippen LogP contribution in [0.15, 0.2) is 52.6 Å². The van der Waals surface area contributed by atoms with E-state index >= 15 is 4.39 Å². The van der Waals surface area contributed by atoms with Crippen molar-refractivity contribution in [1.82, 2.24) is 15.1 Å². The lowest BCUT2D eigenvalue weighted by atomic mass is 9.95. The van der Waals surface area contributed by atoms with Gasteiger partial charge in [-0.1, -0.05) is 6.07 Å². The minimum absolute atomic E-state index is 0.121. The van der Waals surface area contributed by atoms with E-state index in [0.717, 1.165) is 12.8 Å². The van der Waals surface area contributed by atoms with E-state index in [2.05, 4.69) is 15.1 Å². The number of carboxylic acid groups (broad SMARTS) is 1. The molecule has 1 atom stereocenters. The van der Waals surface area contributed by atoms with Gasteiger partial charge in [0.2, 0.25) is 11.8 Å². The summed E-state index contributed by atoms with van der Waals surface area (Å²) < 4.78 is 21.0. The van der Waals surface area contributed by atoms with E-state index < -0.39 is 17.9 Å². The molecule has 3 heterocycles. The highest BCUT2D eigenvalue weighted by atomic mass is 19.1. The SMILES string of the molecule is O=C(O)C1=CN(C2CC2)c2cc(N3CCN(Cc4nnc(-c5cccc(O)c5)o4)CC3)c(F)cc2C1O. The summed E-state index contributed by atoms with van der Waals surface area (Å²) in [6, 6.07) is 9.79. The highest BCUT2D eigenvalue weighted by molar-refractivity contribution is 5.91. The van der Waals surface area contributed by atoms with Crippen LogP contribution in [0.1, 0.15) is 30.4 Å². The first-order valence-electron chi connectivity index (χ1n) is 12.2. The molecule has 1 aliphatic carbocycles. The number of halogens is 1. The number of aliphatic hydroxyl groups excluding tert-OH is 1. The Morgan fingerprint density at radius 2 is 1.86 bits per heavy atom. The Balaban J connectivity index is 1.15. The summed E-state index contributed by atoms with van der Waals surface area (Å²) >= 11 is 0. The van der Waals surface area contributed by atoms with Gasteiger partial charge in [0.1, 0.15) is 17.7 Å². The third-order valence-electron chi connectivity index (χ3n) is 7.06. The fraction of sp³-hybridized carbons (Fsp3) is 0.346. The molecule has 1 saturated carbocycles. The molecule has 1 saturated heterocycles. The number of hydrogen-bond acceptors (Lipinski definition) is 9. The molecule has 2 fully saturated rings. The predicted octanol–water partition coefficient (Wildman–Crippen LogP) is 2.89. The lowest BCUT2D eigenvalue weighted by Crippen LogP contribution is -2.46. The van der Waals surface area contributed by atoms with Crippen LogP contribution in [-0.2, 0) is 11.3 Å². The summed E-state index contributed by atoms with van der Waals surface area (Å²) in [7, 11) is 0. The lowest BCUT2D eigenvalue weighted by molar-refractivity contribution is -0.133. The molecular formula is C26H26FN5O5. The van der Waals surface area contributed by atoms with Crippen LogP contribution in [0.25, 0.3) is 11.5 Å². The molecule has 0 spiro atoms. The number of benzene rings is 2. The van der Waals surface area contributed by atoms with Gasteiger partial charge in [-0.3, -0.25) is 4.90 Å². The normalized spacial score (nSPS) is 20.1. The molecule has 192 valence electrons. The molecular weight excluding hydrogens is 481 g/mol. The number of anilines is 2. The Kier molecular flexibility index (Phi) is 5.81. The van der Waals surface area contributed by atoms with Crippen LogP contribution in [0, 0.1) is 5.82 Å². The molecule has 2 aromatic carbocycles. The first-order chi connectivity index (χ1) is 17.9. The van der Waals surface area contributed by atoms with Gasteiger partial charge < -0.3 is 29.5 Å². The van der Waals surface area contributed by atoms with Gasteiger partial charge >= 0.3 is 5.97 Å². The monoisotopic (exact) mass is 507 g/mol. The van der Waals surface area contributed by atoms with Gasteiger partial charge in [0.05, 0.1) is 17.8 Å². The Morgan fingerprint density at radius 3 is 2.57 bits per heavy atom. The van der Waals surface area contributed by atoms with E-state index in [9.17, 15) is 20.1 Å². The number of aromatic hydroxyl groups is 1. The third-order valence-corrected chi connectivity index (χ3v) is 7.06. The van der Waals surface area contributed by atoms with E-state index in [0.29, 0.717) is 61.4 Å². The third kappa shape index (κ3) is 4.51. The second-order valence-electron chi connectivity index (χ2n) is 9.61. The second kappa shape index (κ2) is 9.16. The maximum atomic E-state index is 15.2. The minimum atomic E-state index is -1.37. The number of carbonyl (C=O) groups is 1. The van der Waals surface area contributed by atoms with Crippen LogP contribution in [-0.4, -0.2) is 68.6 Å². The molecule has 1 unspecified atom stereocenters. The van der Waals surface area contributed by atoms with Crippen LogP contribution in [0.2, 0.25) is 0 Å². The van der Waals surface area contributed by atoms with Crippen molar-refractivity contribution in [3.05, 3.63) is 65.4 Å². The van der Waals surface area contributed by atoms with Gasteiger partial charge in [0.15, 0.2) is 0 Å². The van der Waals surface area contributed by atoms with E-state index in [1.54, 1.807) is 30.3 Å². The van der Waals surface area contributed by atoms with E-state index in [-0.39, 0.29) is 22.9 Å². The summed E-state index contributed by atoms with van der Waals surface area (Å²) in [6.45, 7) is 2.91. The first-order valence-corrected chi connectivity index (χ1v) is 12.2. The van der Waals surface area contributed by atoms with Gasteiger partial charge in [-0.2, -0.15) is 0 Å². The molecule has 6 rings (SSSR count). The smallest absolute Gasteiger partial charge is 0.336 e. The number of phenols is 1. The fourth-order valence-corrected chi connectivity index (χ4v) is 4.95. The predicted molar refractivity (Wildman–Crippen MR) is 131 cm³/mol. The molecule has 0 bridgehead atoms. The lowest BCUT2D eigenvalue weighted by Gasteiger charge is -2.37. The highest BCUT2D eigenvalue weighted by Crippen LogP contribution is 2.44. The zero-order valence-corrected chi connectivity index (χ0v) is 19.9. The van der Waals surface area contributed by atoms with Crippen molar-refractivity contribution in [2.75, 3.05) is 36.0 Å². The Hall–Kier alpha value is -3.96. The molecule has 10 nitrogen and oxygen atoms in total. The standard InChI is InChI=1S/C26H26FN5O5/c27-20-11-18-21(32(16-4-5-16)13-19(24(18)34)26(35)36)12-22(20)31-8-6-30(7-9-31)14-23-28-29-25(37-23)15-2-1-3-17(33)10-15/h1-3,10-13,16,24,33-34H,4-9,14H2,(H,35,36). The number of rotatable bonds is 6. The van der Waals surface area contributed by atoms with Crippen LogP contribution in [0.4, 0.5) is 15.8 Å². The number of carboxylic acids is 1. The molecule has 11 heteroatoms. The van der Waals surface area contributed by atoms with Crippen molar-refractivity contribution in [2.45, 2.75) is 31.5 Å². The summed E-state index contributed by atoms with van der Waals surface area (Å²) in [5, 5.41) is 38.0. The van der Waals surface area contributed by atoms with Gasteiger partial charge in [-0.05, 0) is 43.2 Å². The average molecular weight is 508 g/mol. The largest absolute Gasteiger partial charge is 0.508 e. The Bertz CT molecular complexity index is 1380. The molecule has 1 aromatic heterocycles. The van der Waals surface area contributed by atoms with Crippen LogP contribution >= 0.6 is 0 Å². The van der Waals surface area contributed by atoms with Crippen molar-refractivity contribution in [2.24, 2.45) is 0 Å². The fourth-order valence-electron chi connectivity index (χ4n) is 4.95. The van der Waals surface area contributed by atoms with E-state index in [4.69, 9.17) is 4.42 Å². The Labute approximate surface area is 211 Å². The van der Waals surface area contributed by atoms with Gasteiger partial charge in [0.25, 0.3) is 0 Å². The number of fused-ring (bicyclic) bond motifs is 1. The summed E-state index contributed by atoms with van der Waals surface area (Å²) in [5.74, 6) is -0.776. The number of aliphatic carboxylic acids is 1. The number of nitrogens with zero attached hydrogens (tertiary/aromatic N) is 5. The van der Waals surface area contributed by atoms with Crippen LogP contribution in [0.5, 0.6) is 5.75 Å². The van der Waals surface area contributed by atoms with Crippen molar-refractivity contribution < 1.29 is 28.9 Å². The quantitative estimate of drug-likeness (QED) is 0.458. The first kappa shape index (κ1) is 23.4. The molecule has 0 radical (unpaired) electrons. The zero-order valence-electron chi connectivity index (χ0n) is 19.9. The summed E-state index contributed by atoms with van der Waals surface area (Å²) in [4.78, 5) is 17.6. The van der Waals surface area contributed by atoms with Crippen molar-refractivity contribution in [3.8, 4) is 17.2 Å². The molecule has 3 N–H and O–H groups in total. The summed E-state index contributed by atoms with van der Waals surface area (Å²) in [6.07, 6.45) is 1.96. The number of phenolic OH excluding ortho intramolecular Hbond substituents is 1. The van der Waals surface area contributed by atoms with Crippen molar-refractivity contribution in [3.63, 3.8) is 0 Å². The molecule has 3 aromatic rings. The molecule has 37 heavy (non-hydrogen) atoms. The van der Waals surface area contributed by atoms with Crippen LogP contribution < -0.4 is 9.80 Å². The average Bonchev–Trinajstić information content (AvgIpc) is 3.62. The topological polar surface area (TPSA) is 126 Å². The second-order valence-corrected chi connectivity index (χ2v) is 9.61. The molecule has 2 aliphatic heterocycles. The van der Waals surface area contributed by atoms with Crippen LogP contribution in [0.3, 0.4) is 0 Å². The summed E-state index contributed by atoms with van der Waals surface area (Å²) in [5.41, 5.74) is 1.87. The minimum Gasteiger partial charge on any atom is -0.508 e. The van der Waals surface area contributed by atoms with Gasteiger partial charge in [-0.25, -0.2) is 9.18 Å².